The summed E-state index contributed by atoms with van der Waals surface area (Å²) in [5, 5.41) is 3.76. The van der Waals surface area contributed by atoms with Crippen molar-refractivity contribution in [2.45, 2.75) is 86.1 Å². The molecule has 0 saturated heterocycles. The zero-order valence-electron chi connectivity index (χ0n) is 15.1. The first-order chi connectivity index (χ1) is 9.24. The summed E-state index contributed by atoms with van der Waals surface area (Å²) in [6.45, 7) is 17.8. The molecular weight excluding hydrogens is 242 g/mol. The standard InChI is InChI=1S/C19H39N/c1-8-9-15(4)18-12-16(14(2)3)10-11-17(18)13-20-19(5,6)7/h14-18,20H,8-13H2,1-7H3. The second-order valence-electron chi connectivity index (χ2n) is 8.64. The summed E-state index contributed by atoms with van der Waals surface area (Å²) in [6, 6.07) is 0. The monoisotopic (exact) mass is 281 g/mol. The Morgan fingerprint density at radius 2 is 1.75 bits per heavy atom. The maximum Gasteiger partial charge on any atom is 0.00966 e. The van der Waals surface area contributed by atoms with E-state index in [1.54, 1.807) is 0 Å². The topological polar surface area (TPSA) is 12.0 Å². The molecule has 4 unspecified atom stereocenters. The van der Waals surface area contributed by atoms with Crippen molar-refractivity contribution in [2.24, 2.45) is 29.6 Å². The highest BCUT2D eigenvalue weighted by atomic mass is 14.9. The molecule has 0 radical (unpaired) electrons. The van der Waals surface area contributed by atoms with E-state index in [9.17, 15) is 0 Å². The summed E-state index contributed by atoms with van der Waals surface area (Å²) < 4.78 is 0. The van der Waals surface area contributed by atoms with Crippen LogP contribution in [0.4, 0.5) is 0 Å². The Kier molecular flexibility index (Phi) is 7.04. The molecule has 1 rings (SSSR count). The van der Waals surface area contributed by atoms with Gasteiger partial charge in [-0.2, -0.15) is 0 Å². The number of hydrogen-bond acceptors (Lipinski definition) is 1. The molecule has 4 atom stereocenters. The summed E-state index contributed by atoms with van der Waals surface area (Å²) in [5.41, 5.74) is 0.257. The summed E-state index contributed by atoms with van der Waals surface area (Å²) in [5.74, 6) is 4.55. The Labute approximate surface area is 128 Å². The molecule has 120 valence electrons. The lowest BCUT2D eigenvalue weighted by molar-refractivity contribution is 0.0951. The average Bonchev–Trinajstić information content (AvgIpc) is 2.35. The van der Waals surface area contributed by atoms with E-state index in [0.717, 1.165) is 29.6 Å². The van der Waals surface area contributed by atoms with Crippen LogP contribution in [0.3, 0.4) is 0 Å². The molecule has 1 fully saturated rings. The number of rotatable bonds is 6. The quantitative estimate of drug-likeness (QED) is 0.678. The van der Waals surface area contributed by atoms with Crippen LogP contribution in [-0.2, 0) is 0 Å². The van der Waals surface area contributed by atoms with Crippen LogP contribution in [0.1, 0.15) is 80.6 Å². The molecule has 1 aliphatic rings. The number of hydrogen-bond donors (Lipinski definition) is 1. The van der Waals surface area contributed by atoms with E-state index >= 15 is 0 Å². The van der Waals surface area contributed by atoms with E-state index in [2.05, 4.69) is 53.8 Å². The van der Waals surface area contributed by atoms with Crippen molar-refractivity contribution in [3.05, 3.63) is 0 Å². The molecule has 1 N–H and O–H groups in total. The maximum absolute atomic E-state index is 3.76. The summed E-state index contributed by atoms with van der Waals surface area (Å²) in [7, 11) is 0. The lowest BCUT2D eigenvalue weighted by Gasteiger charge is -2.42. The molecule has 1 nitrogen and oxygen atoms in total. The van der Waals surface area contributed by atoms with Gasteiger partial charge in [-0.1, -0.05) is 40.5 Å². The summed E-state index contributed by atoms with van der Waals surface area (Å²) in [6.07, 6.45) is 7.09. The fourth-order valence-electron chi connectivity index (χ4n) is 3.96. The highest BCUT2D eigenvalue weighted by Gasteiger charge is 2.34. The van der Waals surface area contributed by atoms with E-state index in [1.807, 2.05) is 0 Å². The Morgan fingerprint density at radius 1 is 1.10 bits per heavy atom. The van der Waals surface area contributed by atoms with Gasteiger partial charge >= 0.3 is 0 Å². The van der Waals surface area contributed by atoms with Gasteiger partial charge in [-0.3, -0.25) is 0 Å². The van der Waals surface area contributed by atoms with Crippen molar-refractivity contribution >= 4 is 0 Å². The van der Waals surface area contributed by atoms with Gasteiger partial charge in [-0.25, -0.2) is 0 Å². The van der Waals surface area contributed by atoms with E-state index < -0.39 is 0 Å². The SMILES string of the molecule is CCCC(C)C1CC(C(C)C)CCC1CNC(C)(C)C. The first kappa shape index (κ1) is 18.0. The van der Waals surface area contributed by atoms with E-state index in [1.165, 1.54) is 38.6 Å². The van der Waals surface area contributed by atoms with Crippen molar-refractivity contribution in [2.75, 3.05) is 6.54 Å². The molecule has 1 saturated carbocycles. The smallest absolute Gasteiger partial charge is 0.00966 e. The molecule has 0 aromatic heterocycles. The average molecular weight is 282 g/mol. The van der Waals surface area contributed by atoms with Crippen molar-refractivity contribution in [3.8, 4) is 0 Å². The molecule has 0 spiro atoms. The van der Waals surface area contributed by atoms with Crippen LogP contribution in [0.2, 0.25) is 0 Å². The largest absolute Gasteiger partial charge is 0.312 e. The summed E-state index contributed by atoms with van der Waals surface area (Å²) >= 11 is 0. The lowest BCUT2D eigenvalue weighted by atomic mass is 9.65. The van der Waals surface area contributed by atoms with Crippen molar-refractivity contribution < 1.29 is 0 Å². The van der Waals surface area contributed by atoms with Crippen molar-refractivity contribution in [1.82, 2.24) is 5.32 Å². The Balaban J connectivity index is 2.65. The molecule has 0 aromatic carbocycles. The van der Waals surface area contributed by atoms with Gasteiger partial charge in [-0.05, 0) is 76.2 Å². The van der Waals surface area contributed by atoms with Crippen molar-refractivity contribution in [3.63, 3.8) is 0 Å². The van der Waals surface area contributed by atoms with Crippen LogP contribution in [0.25, 0.3) is 0 Å². The third-order valence-electron chi connectivity index (χ3n) is 5.40. The number of nitrogens with one attached hydrogen (secondary N) is 1. The normalized spacial score (nSPS) is 29.7. The molecule has 0 bridgehead atoms. The van der Waals surface area contributed by atoms with Crippen LogP contribution < -0.4 is 5.32 Å². The lowest BCUT2D eigenvalue weighted by Crippen LogP contribution is -2.43. The van der Waals surface area contributed by atoms with Crippen molar-refractivity contribution in [1.29, 1.82) is 0 Å². The molecular formula is C19H39N. The fraction of sp³-hybridized carbons (Fsp3) is 1.00. The highest BCUT2D eigenvalue weighted by Crippen LogP contribution is 2.42. The first-order valence-corrected chi connectivity index (χ1v) is 8.99. The van der Waals surface area contributed by atoms with Gasteiger partial charge in [0, 0.05) is 5.54 Å². The van der Waals surface area contributed by atoms with Crippen LogP contribution in [-0.4, -0.2) is 12.1 Å². The van der Waals surface area contributed by atoms with Gasteiger partial charge in [0.05, 0.1) is 0 Å². The second-order valence-corrected chi connectivity index (χ2v) is 8.64. The van der Waals surface area contributed by atoms with E-state index in [4.69, 9.17) is 0 Å². The third-order valence-corrected chi connectivity index (χ3v) is 5.40. The molecule has 0 aromatic rings. The van der Waals surface area contributed by atoms with Crippen LogP contribution >= 0.6 is 0 Å². The van der Waals surface area contributed by atoms with Crippen LogP contribution in [0.15, 0.2) is 0 Å². The van der Waals surface area contributed by atoms with Gasteiger partial charge in [0.25, 0.3) is 0 Å². The van der Waals surface area contributed by atoms with Gasteiger partial charge in [0.1, 0.15) is 0 Å². The predicted octanol–water partition coefficient (Wildman–Crippen LogP) is 5.50. The van der Waals surface area contributed by atoms with Gasteiger partial charge in [0.2, 0.25) is 0 Å². The minimum atomic E-state index is 0.257. The molecule has 0 amide bonds. The third kappa shape index (κ3) is 5.76. The highest BCUT2D eigenvalue weighted by molar-refractivity contribution is 4.86. The van der Waals surface area contributed by atoms with Gasteiger partial charge < -0.3 is 5.32 Å². The zero-order chi connectivity index (χ0) is 15.3. The van der Waals surface area contributed by atoms with Crippen LogP contribution in [0, 0.1) is 29.6 Å². The Hall–Kier alpha value is -0.0400. The van der Waals surface area contributed by atoms with E-state index in [-0.39, 0.29) is 5.54 Å². The van der Waals surface area contributed by atoms with Gasteiger partial charge in [-0.15, -0.1) is 0 Å². The minimum absolute atomic E-state index is 0.257. The maximum atomic E-state index is 3.76. The minimum Gasteiger partial charge on any atom is -0.312 e. The fourth-order valence-corrected chi connectivity index (χ4v) is 3.96. The van der Waals surface area contributed by atoms with Crippen LogP contribution in [0.5, 0.6) is 0 Å². The molecule has 1 aliphatic carbocycles. The van der Waals surface area contributed by atoms with Gasteiger partial charge in [0.15, 0.2) is 0 Å². The molecule has 0 heterocycles. The second kappa shape index (κ2) is 7.82. The molecule has 20 heavy (non-hydrogen) atoms. The first-order valence-electron chi connectivity index (χ1n) is 8.99. The molecule has 0 aliphatic heterocycles. The zero-order valence-corrected chi connectivity index (χ0v) is 15.1. The Morgan fingerprint density at radius 3 is 2.25 bits per heavy atom. The predicted molar refractivity (Wildman–Crippen MR) is 91.0 cm³/mol. The molecule has 1 heteroatoms. The van der Waals surface area contributed by atoms with E-state index in [0.29, 0.717) is 0 Å². The summed E-state index contributed by atoms with van der Waals surface area (Å²) in [4.78, 5) is 0. The Bertz CT molecular complexity index is 263.